The van der Waals surface area contributed by atoms with Crippen LogP contribution >= 0.6 is 23.2 Å². The molecule has 4 rings (SSSR count). The molecule has 0 spiro atoms. The molecule has 9 heteroatoms. The molecule has 1 heterocycles. The Bertz CT molecular complexity index is 1300. The van der Waals surface area contributed by atoms with E-state index < -0.39 is 0 Å². The summed E-state index contributed by atoms with van der Waals surface area (Å²) in [7, 11) is 0. The normalized spacial score (nSPS) is 10.6. The SMILES string of the molecule is O=C(CNc1cc(-c2ccc(F)cc2)nc(NCc2cccc(Cl)c2)n1)NCc1ccc(Cl)cc1. The van der Waals surface area contributed by atoms with Crippen LogP contribution in [-0.4, -0.2) is 22.4 Å². The maximum absolute atomic E-state index is 13.4. The topological polar surface area (TPSA) is 78.9 Å². The molecule has 6 nitrogen and oxygen atoms in total. The molecule has 0 fully saturated rings. The summed E-state index contributed by atoms with van der Waals surface area (Å²) in [6, 6.07) is 22.4. The Hall–Kier alpha value is -3.68. The third-order valence-electron chi connectivity index (χ3n) is 5.04. The fourth-order valence-electron chi connectivity index (χ4n) is 3.25. The number of halogens is 3. The summed E-state index contributed by atoms with van der Waals surface area (Å²) in [6.45, 7) is 0.852. The number of nitrogens with zero attached hydrogens (tertiary/aromatic N) is 2. The van der Waals surface area contributed by atoms with E-state index in [9.17, 15) is 9.18 Å². The smallest absolute Gasteiger partial charge is 0.239 e. The largest absolute Gasteiger partial charge is 0.361 e. The maximum Gasteiger partial charge on any atom is 0.239 e. The van der Waals surface area contributed by atoms with Gasteiger partial charge in [-0.05, 0) is 59.7 Å². The van der Waals surface area contributed by atoms with E-state index in [0.29, 0.717) is 40.6 Å². The van der Waals surface area contributed by atoms with Crippen LogP contribution in [0.1, 0.15) is 11.1 Å². The maximum atomic E-state index is 13.4. The number of aromatic nitrogens is 2. The van der Waals surface area contributed by atoms with Crippen LogP contribution in [-0.2, 0) is 17.9 Å². The molecular weight excluding hydrogens is 488 g/mol. The minimum absolute atomic E-state index is 0.0151. The van der Waals surface area contributed by atoms with Gasteiger partial charge in [-0.25, -0.2) is 9.37 Å². The minimum Gasteiger partial charge on any atom is -0.361 e. The minimum atomic E-state index is -0.335. The van der Waals surface area contributed by atoms with E-state index >= 15 is 0 Å². The van der Waals surface area contributed by atoms with Crippen molar-refractivity contribution in [1.29, 1.82) is 0 Å². The second kappa shape index (κ2) is 11.6. The molecule has 1 aromatic heterocycles. The van der Waals surface area contributed by atoms with Gasteiger partial charge >= 0.3 is 0 Å². The van der Waals surface area contributed by atoms with Crippen LogP contribution in [0, 0.1) is 5.82 Å². The third kappa shape index (κ3) is 7.40. The fraction of sp³-hybridized carbons (Fsp3) is 0.115. The summed E-state index contributed by atoms with van der Waals surface area (Å²) in [5.41, 5.74) is 3.20. The van der Waals surface area contributed by atoms with Crippen molar-refractivity contribution in [2.45, 2.75) is 13.1 Å². The first-order chi connectivity index (χ1) is 16.9. The lowest BCUT2D eigenvalue weighted by Gasteiger charge is -2.12. The summed E-state index contributed by atoms with van der Waals surface area (Å²) < 4.78 is 13.4. The predicted molar refractivity (Wildman–Crippen MR) is 138 cm³/mol. The molecule has 35 heavy (non-hydrogen) atoms. The number of anilines is 2. The Kier molecular flexibility index (Phi) is 8.13. The Labute approximate surface area is 212 Å². The van der Waals surface area contributed by atoms with E-state index in [1.807, 2.05) is 30.3 Å². The van der Waals surface area contributed by atoms with E-state index in [2.05, 4.69) is 25.9 Å². The molecule has 1 amide bonds. The van der Waals surface area contributed by atoms with Crippen molar-refractivity contribution in [3.8, 4) is 11.3 Å². The molecule has 0 saturated heterocycles. The zero-order valence-electron chi connectivity index (χ0n) is 18.6. The zero-order chi connectivity index (χ0) is 24.6. The standard InChI is InChI=1S/C26H22Cl2FN5O/c27-20-8-4-17(5-9-20)14-31-25(35)16-30-24-13-23(19-6-10-22(29)11-7-19)33-26(34-24)32-15-18-2-1-3-21(28)12-18/h1-13H,14-16H2,(H,31,35)(H2,30,32,33,34). The monoisotopic (exact) mass is 509 g/mol. The summed E-state index contributed by atoms with van der Waals surface area (Å²) in [4.78, 5) is 21.4. The van der Waals surface area contributed by atoms with Gasteiger partial charge in [-0.3, -0.25) is 4.79 Å². The quantitative estimate of drug-likeness (QED) is 0.260. The number of benzene rings is 3. The highest BCUT2D eigenvalue weighted by molar-refractivity contribution is 6.30. The molecule has 0 bridgehead atoms. The number of amides is 1. The zero-order valence-corrected chi connectivity index (χ0v) is 20.1. The lowest BCUT2D eigenvalue weighted by molar-refractivity contribution is -0.119. The Morgan fingerprint density at radius 3 is 2.31 bits per heavy atom. The number of nitrogens with one attached hydrogen (secondary N) is 3. The highest BCUT2D eigenvalue weighted by atomic mass is 35.5. The van der Waals surface area contributed by atoms with Crippen LogP contribution in [0.2, 0.25) is 10.0 Å². The molecule has 0 unspecified atom stereocenters. The first-order valence-electron chi connectivity index (χ1n) is 10.8. The first kappa shape index (κ1) is 24.4. The molecule has 4 aromatic rings. The van der Waals surface area contributed by atoms with Gasteiger partial charge < -0.3 is 16.0 Å². The van der Waals surface area contributed by atoms with Crippen LogP contribution < -0.4 is 16.0 Å². The first-order valence-corrected chi connectivity index (χ1v) is 11.6. The number of hydrogen-bond acceptors (Lipinski definition) is 5. The molecular formula is C26H22Cl2FN5O. The van der Waals surface area contributed by atoms with Crippen molar-refractivity contribution in [2.24, 2.45) is 0 Å². The Morgan fingerprint density at radius 1 is 0.800 bits per heavy atom. The second-order valence-electron chi connectivity index (χ2n) is 7.71. The van der Waals surface area contributed by atoms with Crippen molar-refractivity contribution in [1.82, 2.24) is 15.3 Å². The number of carbonyl (C=O) groups excluding carboxylic acids is 1. The molecule has 0 aliphatic heterocycles. The van der Waals surface area contributed by atoms with E-state index in [1.54, 1.807) is 36.4 Å². The van der Waals surface area contributed by atoms with Crippen LogP contribution in [0.4, 0.5) is 16.2 Å². The van der Waals surface area contributed by atoms with Gasteiger partial charge in [0.05, 0.1) is 12.2 Å². The average molecular weight is 510 g/mol. The van der Waals surface area contributed by atoms with Gasteiger partial charge in [-0.15, -0.1) is 0 Å². The van der Waals surface area contributed by atoms with E-state index in [4.69, 9.17) is 23.2 Å². The van der Waals surface area contributed by atoms with Crippen LogP contribution in [0.15, 0.2) is 78.9 Å². The summed E-state index contributed by atoms with van der Waals surface area (Å²) in [5, 5.41) is 10.3. The summed E-state index contributed by atoms with van der Waals surface area (Å²) in [5.74, 6) is 0.276. The Morgan fingerprint density at radius 2 is 1.57 bits per heavy atom. The summed E-state index contributed by atoms with van der Waals surface area (Å²) >= 11 is 12.0. The fourth-order valence-corrected chi connectivity index (χ4v) is 3.59. The number of rotatable bonds is 9. The molecule has 3 N–H and O–H groups in total. The highest BCUT2D eigenvalue weighted by Gasteiger charge is 2.09. The van der Waals surface area contributed by atoms with Crippen LogP contribution in [0.3, 0.4) is 0 Å². The second-order valence-corrected chi connectivity index (χ2v) is 8.58. The number of hydrogen-bond donors (Lipinski definition) is 3. The Balaban J connectivity index is 1.45. The van der Waals surface area contributed by atoms with Crippen molar-refractivity contribution >= 4 is 40.9 Å². The van der Waals surface area contributed by atoms with E-state index in [1.165, 1.54) is 12.1 Å². The van der Waals surface area contributed by atoms with Gasteiger partial charge in [0.25, 0.3) is 0 Å². The van der Waals surface area contributed by atoms with Crippen LogP contribution in [0.5, 0.6) is 0 Å². The molecule has 0 aliphatic rings. The van der Waals surface area contributed by atoms with Gasteiger partial charge in [0.15, 0.2) is 0 Å². The lowest BCUT2D eigenvalue weighted by atomic mass is 10.1. The van der Waals surface area contributed by atoms with Gasteiger partial charge in [0.1, 0.15) is 11.6 Å². The van der Waals surface area contributed by atoms with Gasteiger partial charge in [-0.1, -0.05) is 47.5 Å². The average Bonchev–Trinajstić information content (AvgIpc) is 2.86. The van der Waals surface area contributed by atoms with Crippen molar-refractivity contribution < 1.29 is 9.18 Å². The van der Waals surface area contributed by atoms with Crippen LogP contribution in [0.25, 0.3) is 11.3 Å². The third-order valence-corrected chi connectivity index (χ3v) is 5.53. The molecule has 0 radical (unpaired) electrons. The van der Waals surface area contributed by atoms with Crippen molar-refractivity contribution in [3.05, 3.63) is 106 Å². The van der Waals surface area contributed by atoms with E-state index in [0.717, 1.165) is 16.7 Å². The van der Waals surface area contributed by atoms with Gasteiger partial charge in [-0.2, -0.15) is 4.98 Å². The summed E-state index contributed by atoms with van der Waals surface area (Å²) in [6.07, 6.45) is 0. The molecule has 0 saturated carbocycles. The highest BCUT2D eigenvalue weighted by Crippen LogP contribution is 2.22. The lowest BCUT2D eigenvalue weighted by Crippen LogP contribution is -2.29. The number of carbonyl (C=O) groups is 1. The molecule has 178 valence electrons. The predicted octanol–water partition coefficient (Wildman–Crippen LogP) is 5.93. The van der Waals surface area contributed by atoms with Gasteiger partial charge in [0, 0.05) is 34.8 Å². The molecule has 0 aliphatic carbocycles. The van der Waals surface area contributed by atoms with Gasteiger partial charge in [0.2, 0.25) is 11.9 Å². The molecule has 3 aromatic carbocycles. The van der Waals surface area contributed by atoms with E-state index in [-0.39, 0.29) is 18.3 Å². The van der Waals surface area contributed by atoms with Crippen molar-refractivity contribution in [3.63, 3.8) is 0 Å². The molecule has 0 atom stereocenters. The van der Waals surface area contributed by atoms with Crippen molar-refractivity contribution in [2.75, 3.05) is 17.2 Å².